The third-order valence-electron chi connectivity index (χ3n) is 2.67. The van der Waals surface area contributed by atoms with Crippen LogP contribution < -0.4 is 15.8 Å². The number of ether oxygens (including phenoxy) is 1. The second-order valence-corrected chi connectivity index (χ2v) is 4.67. The highest BCUT2D eigenvalue weighted by molar-refractivity contribution is 7.08. The number of oxime groups is 1. The summed E-state index contributed by atoms with van der Waals surface area (Å²) in [5.74, 6) is 0.620. The second kappa shape index (κ2) is 6.10. The Balaban J connectivity index is 2.15. The van der Waals surface area contributed by atoms with E-state index in [1.807, 2.05) is 29.0 Å². The molecule has 4 N–H and O–H groups in total. The molecule has 0 aliphatic heterocycles. The van der Waals surface area contributed by atoms with Gasteiger partial charge in [0, 0.05) is 17.6 Å². The number of nitrogens with zero attached hydrogens (tertiary/aromatic N) is 1. The Morgan fingerprint density at radius 1 is 1.47 bits per heavy atom. The summed E-state index contributed by atoms with van der Waals surface area (Å²) in [7, 11) is 1.56. The molecule has 0 aliphatic carbocycles. The van der Waals surface area contributed by atoms with Gasteiger partial charge in [-0.15, -0.1) is 0 Å². The van der Waals surface area contributed by atoms with Gasteiger partial charge in [0.25, 0.3) is 0 Å². The molecule has 0 bridgehead atoms. The number of hydrogen-bond acceptors (Lipinski definition) is 5. The smallest absolute Gasteiger partial charge is 0.173 e. The zero-order chi connectivity index (χ0) is 13.7. The predicted octanol–water partition coefficient (Wildman–Crippen LogP) is 2.46. The molecule has 0 spiro atoms. The van der Waals surface area contributed by atoms with Crippen molar-refractivity contribution in [1.29, 1.82) is 0 Å². The van der Waals surface area contributed by atoms with Crippen molar-refractivity contribution in [2.45, 2.75) is 6.54 Å². The molecular weight excluding hydrogens is 262 g/mol. The van der Waals surface area contributed by atoms with Gasteiger partial charge in [0.2, 0.25) is 0 Å². The summed E-state index contributed by atoms with van der Waals surface area (Å²) >= 11 is 1.64. The minimum atomic E-state index is 0.0363. The highest BCUT2D eigenvalue weighted by Gasteiger charge is 2.08. The van der Waals surface area contributed by atoms with E-state index in [1.165, 1.54) is 0 Å². The predicted molar refractivity (Wildman–Crippen MR) is 77.2 cm³/mol. The first-order valence-electron chi connectivity index (χ1n) is 5.65. The zero-order valence-electron chi connectivity index (χ0n) is 10.5. The highest BCUT2D eigenvalue weighted by atomic mass is 32.1. The lowest BCUT2D eigenvalue weighted by Crippen LogP contribution is -2.14. The summed E-state index contributed by atoms with van der Waals surface area (Å²) in [6.07, 6.45) is 0. The van der Waals surface area contributed by atoms with E-state index in [0.29, 0.717) is 17.9 Å². The zero-order valence-corrected chi connectivity index (χ0v) is 11.3. The van der Waals surface area contributed by atoms with Crippen LogP contribution in [0.4, 0.5) is 5.69 Å². The van der Waals surface area contributed by atoms with E-state index >= 15 is 0 Å². The third-order valence-corrected chi connectivity index (χ3v) is 3.35. The lowest BCUT2D eigenvalue weighted by Gasteiger charge is -2.10. The quantitative estimate of drug-likeness (QED) is 0.339. The molecule has 0 atom stereocenters. The van der Waals surface area contributed by atoms with E-state index in [-0.39, 0.29) is 5.84 Å². The summed E-state index contributed by atoms with van der Waals surface area (Å²) in [5, 5.41) is 19.0. The maximum Gasteiger partial charge on any atom is 0.173 e. The minimum Gasteiger partial charge on any atom is -0.496 e. The summed E-state index contributed by atoms with van der Waals surface area (Å²) in [6.45, 7) is 0.684. The van der Waals surface area contributed by atoms with Crippen LogP contribution in [0.3, 0.4) is 0 Å². The van der Waals surface area contributed by atoms with Crippen LogP contribution >= 0.6 is 11.3 Å². The van der Waals surface area contributed by atoms with E-state index in [2.05, 4.69) is 10.5 Å². The van der Waals surface area contributed by atoms with Crippen molar-refractivity contribution in [2.24, 2.45) is 10.9 Å². The van der Waals surface area contributed by atoms with Crippen molar-refractivity contribution in [2.75, 3.05) is 12.4 Å². The van der Waals surface area contributed by atoms with Crippen molar-refractivity contribution in [3.8, 4) is 5.75 Å². The van der Waals surface area contributed by atoms with Gasteiger partial charge in [-0.3, -0.25) is 0 Å². The Bertz CT molecular complexity index is 567. The average molecular weight is 277 g/mol. The lowest BCUT2D eigenvalue weighted by atomic mass is 10.1. The normalized spacial score (nSPS) is 11.3. The van der Waals surface area contributed by atoms with Crippen molar-refractivity contribution in [3.05, 3.63) is 46.2 Å². The highest BCUT2D eigenvalue weighted by Crippen LogP contribution is 2.21. The number of anilines is 1. The number of thiophene rings is 1. The van der Waals surface area contributed by atoms with Crippen molar-refractivity contribution in [1.82, 2.24) is 0 Å². The summed E-state index contributed by atoms with van der Waals surface area (Å²) in [5.41, 5.74) is 8.29. The molecule has 0 saturated carbocycles. The largest absolute Gasteiger partial charge is 0.496 e. The Morgan fingerprint density at radius 3 is 2.95 bits per heavy atom. The molecule has 0 fully saturated rings. The number of hydrogen-bond donors (Lipinski definition) is 3. The van der Waals surface area contributed by atoms with E-state index in [9.17, 15) is 0 Å². The molecule has 2 rings (SSSR count). The molecule has 5 nitrogen and oxygen atoms in total. The van der Waals surface area contributed by atoms with Crippen LogP contribution in [0, 0.1) is 0 Å². The number of nitrogens with one attached hydrogen (secondary N) is 1. The number of rotatable bonds is 5. The Kier molecular flexibility index (Phi) is 4.25. The molecule has 2 aromatic rings. The van der Waals surface area contributed by atoms with E-state index in [4.69, 9.17) is 15.7 Å². The summed E-state index contributed by atoms with van der Waals surface area (Å²) in [4.78, 5) is 0. The molecule has 0 amide bonds. The molecule has 0 aliphatic rings. The maximum absolute atomic E-state index is 8.70. The topological polar surface area (TPSA) is 79.9 Å². The van der Waals surface area contributed by atoms with Crippen LogP contribution in [-0.2, 0) is 6.54 Å². The molecule has 1 aromatic heterocycles. The first-order valence-corrected chi connectivity index (χ1v) is 6.59. The van der Waals surface area contributed by atoms with Gasteiger partial charge in [0.15, 0.2) is 5.84 Å². The monoisotopic (exact) mass is 277 g/mol. The maximum atomic E-state index is 8.70. The van der Waals surface area contributed by atoms with E-state index < -0.39 is 0 Å². The molecule has 1 aromatic carbocycles. The number of amidine groups is 1. The number of methoxy groups -OCH3 is 1. The Hall–Kier alpha value is -2.21. The van der Waals surface area contributed by atoms with Crippen LogP contribution in [0.2, 0.25) is 0 Å². The molecule has 100 valence electrons. The van der Waals surface area contributed by atoms with Gasteiger partial charge in [0.05, 0.1) is 12.7 Å². The Morgan fingerprint density at radius 2 is 2.32 bits per heavy atom. The van der Waals surface area contributed by atoms with Gasteiger partial charge >= 0.3 is 0 Å². The van der Waals surface area contributed by atoms with Gasteiger partial charge in [-0.25, -0.2) is 0 Å². The fourth-order valence-electron chi connectivity index (χ4n) is 1.68. The van der Waals surface area contributed by atoms with E-state index in [1.54, 1.807) is 24.5 Å². The molecule has 0 saturated heterocycles. The first-order chi connectivity index (χ1) is 9.24. The van der Waals surface area contributed by atoms with Gasteiger partial charge in [-0.05, 0) is 29.1 Å². The van der Waals surface area contributed by atoms with Crippen LogP contribution in [-0.4, -0.2) is 18.2 Å². The van der Waals surface area contributed by atoms with Crippen molar-refractivity contribution >= 4 is 22.9 Å². The van der Waals surface area contributed by atoms with Gasteiger partial charge in [-0.2, -0.15) is 11.3 Å². The van der Waals surface area contributed by atoms with Crippen LogP contribution in [0.25, 0.3) is 0 Å². The average Bonchev–Trinajstić information content (AvgIpc) is 2.97. The standard InChI is InChI=1S/C13H15N3O2S/c1-18-12-6-9(2-3-11(12)13(14)16-17)7-15-10-4-5-19-8-10/h2-6,8,15,17H,7H2,1H3,(H2,14,16). The molecule has 6 heteroatoms. The van der Waals surface area contributed by atoms with Crippen LogP contribution in [0.15, 0.2) is 40.2 Å². The van der Waals surface area contributed by atoms with Crippen molar-refractivity contribution < 1.29 is 9.94 Å². The SMILES string of the molecule is COc1cc(CNc2ccsc2)ccc1/C(N)=N/O. The molecule has 0 unspecified atom stereocenters. The lowest BCUT2D eigenvalue weighted by molar-refractivity contribution is 0.318. The van der Waals surface area contributed by atoms with Gasteiger partial charge in [-0.1, -0.05) is 11.2 Å². The summed E-state index contributed by atoms with van der Waals surface area (Å²) < 4.78 is 5.25. The minimum absolute atomic E-state index is 0.0363. The number of nitrogens with two attached hydrogens (primary N) is 1. The Labute approximate surface area is 115 Å². The fraction of sp³-hybridized carbons (Fsp3) is 0.154. The van der Waals surface area contributed by atoms with Gasteiger partial charge < -0.3 is 21.0 Å². The van der Waals surface area contributed by atoms with Gasteiger partial charge in [0.1, 0.15) is 5.75 Å². The van der Waals surface area contributed by atoms with Crippen LogP contribution in [0.5, 0.6) is 5.75 Å². The van der Waals surface area contributed by atoms with E-state index in [0.717, 1.165) is 11.3 Å². The number of benzene rings is 1. The van der Waals surface area contributed by atoms with Crippen LogP contribution in [0.1, 0.15) is 11.1 Å². The third kappa shape index (κ3) is 3.17. The molecule has 0 radical (unpaired) electrons. The first kappa shape index (κ1) is 13.2. The molecular formula is C13H15N3O2S. The fourth-order valence-corrected chi connectivity index (χ4v) is 2.29. The molecule has 1 heterocycles. The molecule has 19 heavy (non-hydrogen) atoms. The van der Waals surface area contributed by atoms with Crippen molar-refractivity contribution in [3.63, 3.8) is 0 Å². The summed E-state index contributed by atoms with van der Waals surface area (Å²) in [6, 6.07) is 7.58. The second-order valence-electron chi connectivity index (χ2n) is 3.89.